The Balaban J connectivity index is 1.84. The Bertz CT molecular complexity index is 533. The average Bonchev–Trinajstić information content (AvgIpc) is 2.82. The van der Waals surface area contributed by atoms with Gasteiger partial charge in [0.25, 0.3) is 0 Å². The number of aryl methyl sites for hydroxylation is 2. The summed E-state index contributed by atoms with van der Waals surface area (Å²) in [6, 6.07) is 12.0. The molecule has 4 nitrogen and oxygen atoms in total. The number of amides is 1. The topological polar surface area (TPSA) is 38.1 Å². The molecular formula is C15H19N3O. The highest BCUT2D eigenvalue weighted by Crippen LogP contribution is 2.06. The lowest BCUT2D eigenvalue weighted by Gasteiger charge is -2.17. The molecule has 0 spiro atoms. The van der Waals surface area contributed by atoms with E-state index in [2.05, 4.69) is 5.10 Å². The molecule has 0 unspecified atom stereocenters. The molecule has 0 aliphatic carbocycles. The van der Waals surface area contributed by atoms with Gasteiger partial charge in [-0.3, -0.25) is 9.48 Å². The van der Waals surface area contributed by atoms with Crippen molar-refractivity contribution in [3.8, 4) is 0 Å². The van der Waals surface area contributed by atoms with Gasteiger partial charge >= 0.3 is 0 Å². The Morgan fingerprint density at radius 2 is 2.00 bits per heavy atom. The van der Waals surface area contributed by atoms with Crippen molar-refractivity contribution in [2.24, 2.45) is 7.05 Å². The number of benzene rings is 1. The van der Waals surface area contributed by atoms with Crippen molar-refractivity contribution in [3.05, 3.63) is 53.9 Å². The molecule has 0 aliphatic rings. The zero-order valence-electron chi connectivity index (χ0n) is 11.4. The van der Waals surface area contributed by atoms with Crippen LogP contribution in [0.1, 0.15) is 17.7 Å². The second-order valence-electron chi connectivity index (χ2n) is 4.68. The summed E-state index contributed by atoms with van der Waals surface area (Å²) in [6.45, 7) is 0.601. The van der Waals surface area contributed by atoms with Crippen LogP contribution in [0.15, 0.2) is 42.6 Å². The van der Waals surface area contributed by atoms with E-state index in [9.17, 15) is 4.79 Å². The summed E-state index contributed by atoms with van der Waals surface area (Å²) in [5.74, 6) is 0.157. The van der Waals surface area contributed by atoms with Crippen molar-refractivity contribution in [2.45, 2.75) is 19.4 Å². The number of carbonyl (C=O) groups excluding carboxylic acids is 1. The van der Waals surface area contributed by atoms with Gasteiger partial charge in [-0.05, 0) is 18.1 Å². The number of hydrogen-bond acceptors (Lipinski definition) is 2. The van der Waals surface area contributed by atoms with Gasteiger partial charge in [0.05, 0.1) is 12.2 Å². The van der Waals surface area contributed by atoms with Crippen LogP contribution in [0.2, 0.25) is 0 Å². The van der Waals surface area contributed by atoms with Gasteiger partial charge in [0.15, 0.2) is 0 Å². The maximum atomic E-state index is 12.1. The SMILES string of the molecule is CN(Cc1ccnn1C)C(=O)CCc1ccccc1. The van der Waals surface area contributed by atoms with Gasteiger partial charge in [0.1, 0.15) is 0 Å². The van der Waals surface area contributed by atoms with E-state index in [1.54, 1.807) is 15.8 Å². The van der Waals surface area contributed by atoms with Gasteiger partial charge in [-0.1, -0.05) is 30.3 Å². The van der Waals surface area contributed by atoms with Crippen LogP contribution < -0.4 is 0 Å². The number of carbonyl (C=O) groups is 1. The molecule has 1 aromatic carbocycles. The Hall–Kier alpha value is -2.10. The third-order valence-electron chi connectivity index (χ3n) is 3.22. The summed E-state index contributed by atoms with van der Waals surface area (Å²) in [5, 5.41) is 4.10. The molecule has 1 amide bonds. The molecule has 0 aliphatic heterocycles. The fourth-order valence-corrected chi connectivity index (χ4v) is 1.97. The van der Waals surface area contributed by atoms with Crippen molar-refractivity contribution < 1.29 is 4.79 Å². The minimum Gasteiger partial charge on any atom is -0.340 e. The summed E-state index contributed by atoms with van der Waals surface area (Å²) in [7, 11) is 3.72. The predicted octanol–water partition coefficient (Wildman–Crippen LogP) is 2.01. The van der Waals surface area contributed by atoms with Crippen LogP contribution >= 0.6 is 0 Å². The van der Waals surface area contributed by atoms with Crippen LogP contribution in [-0.4, -0.2) is 27.6 Å². The highest BCUT2D eigenvalue weighted by atomic mass is 16.2. The molecule has 0 bridgehead atoms. The lowest BCUT2D eigenvalue weighted by molar-refractivity contribution is -0.130. The quantitative estimate of drug-likeness (QED) is 0.822. The third-order valence-corrected chi connectivity index (χ3v) is 3.22. The smallest absolute Gasteiger partial charge is 0.222 e. The summed E-state index contributed by atoms with van der Waals surface area (Å²) in [4.78, 5) is 13.8. The highest BCUT2D eigenvalue weighted by molar-refractivity contribution is 5.76. The van der Waals surface area contributed by atoms with Crippen molar-refractivity contribution in [3.63, 3.8) is 0 Å². The maximum Gasteiger partial charge on any atom is 0.222 e. The highest BCUT2D eigenvalue weighted by Gasteiger charge is 2.10. The zero-order valence-corrected chi connectivity index (χ0v) is 11.4. The number of hydrogen-bond donors (Lipinski definition) is 0. The number of nitrogens with zero attached hydrogens (tertiary/aromatic N) is 3. The van der Waals surface area contributed by atoms with E-state index < -0.39 is 0 Å². The lowest BCUT2D eigenvalue weighted by Crippen LogP contribution is -2.27. The molecule has 2 aromatic rings. The molecule has 19 heavy (non-hydrogen) atoms. The molecule has 0 saturated carbocycles. The molecular weight excluding hydrogens is 238 g/mol. The molecule has 0 N–H and O–H groups in total. The van der Waals surface area contributed by atoms with Crippen molar-refractivity contribution in [1.29, 1.82) is 0 Å². The Morgan fingerprint density at radius 1 is 1.26 bits per heavy atom. The molecule has 1 aromatic heterocycles. The lowest BCUT2D eigenvalue weighted by atomic mass is 10.1. The molecule has 0 atom stereocenters. The molecule has 0 saturated heterocycles. The van der Waals surface area contributed by atoms with Crippen molar-refractivity contribution >= 4 is 5.91 Å². The first-order chi connectivity index (χ1) is 9.16. The molecule has 1 heterocycles. The second-order valence-corrected chi connectivity index (χ2v) is 4.68. The maximum absolute atomic E-state index is 12.1. The summed E-state index contributed by atoms with van der Waals surface area (Å²) in [6.07, 6.45) is 3.07. The van der Waals surface area contributed by atoms with E-state index in [4.69, 9.17) is 0 Å². The standard InChI is InChI=1S/C15H19N3O/c1-17(12-14-10-11-16-18(14)2)15(19)9-8-13-6-4-3-5-7-13/h3-7,10-11H,8-9,12H2,1-2H3. The van der Waals surface area contributed by atoms with Crippen LogP contribution in [0.25, 0.3) is 0 Å². The third kappa shape index (κ3) is 3.68. The first-order valence-corrected chi connectivity index (χ1v) is 6.41. The Labute approximate surface area is 113 Å². The van der Waals surface area contributed by atoms with Crippen LogP contribution in [0, 0.1) is 0 Å². The molecule has 0 radical (unpaired) electrons. The molecule has 100 valence electrons. The molecule has 4 heteroatoms. The van der Waals surface area contributed by atoms with E-state index >= 15 is 0 Å². The molecule has 2 rings (SSSR count). The monoisotopic (exact) mass is 257 g/mol. The summed E-state index contributed by atoms with van der Waals surface area (Å²) >= 11 is 0. The fraction of sp³-hybridized carbons (Fsp3) is 0.333. The van der Waals surface area contributed by atoms with Crippen molar-refractivity contribution in [1.82, 2.24) is 14.7 Å². The first kappa shape index (κ1) is 13.3. The van der Waals surface area contributed by atoms with E-state index in [1.807, 2.05) is 50.5 Å². The number of rotatable bonds is 5. The van der Waals surface area contributed by atoms with Crippen LogP contribution in [-0.2, 0) is 24.8 Å². The van der Waals surface area contributed by atoms with Crippen LogP contribution in [0.5, 0.6) is 0 Å². The second kappa shape index (κ2) is 6.18. The summed E-state index contributed by atoms with van der Waals surface area (Å²) in [5.41, 5.74) is 2.24. The van der Waals surface area contributed by atoms with Gasteiger partial charge in [-0.2, -0.15) is 5.10 Å². The van der Waals surface area contributed by atoms with E-state index in [1.165, 1.54) is 5.56 Å². The van der Waals surface area contributed by atoms with Gasteiger partial charge in [-0.25, -0.2) is 0 Å². The fourth-order valence-electron chi connectivity index (χ4n) is 1.97. The largest absolute Gasteiger partial charge is 0.340 e. The van der Waals surface area contributed by atoms with Crippen LogP contribution in [0.4, 0.5) is 0 Å². The predicted molar refractivity (Wildman–Crippen MR) is 74.4 cm³/mol. The Kier molecular flexibility index (Phi) is 4.34. The number of aromatic nitrogens is 2. The van der Waals surface area contributed by atoms with E-state index in [0.29, 0.717) is 13.0 Å². The van der Waals surface area contributed by atoms with Gasteiger partial charge < -0.3 is 4.90 Å². The van der Waals surface area contributed by atoms with Gasteiger partial charge in [0, 0.05) is 26.7 Å². The van der Waals surface area contributed by atoms with Crippen molar-refractivity contribution in [2.75, 3.05) is 7.05 Å². The first-order valence-electron chi connectivity index (χ1n) is 6.41. The van der Waals surface area contributed by atoms with Gasteiger partial charge in [-0.15, -0.1) is 0 Å². The summed E-state index contributed by atoms with van der Waals surface area (Å²) < 4.78 is 1.79. The Morgan fingerprint density at radius 3 is 2.63 bits per heavy atom. The van der Waals surface area contributed by atoms with E-state index in [0.717, 1.165) is 12.1 Å². The normalized spacial score (nSPS) is 10.4. The van der Waals surface area contributed by atoms with Crippen LogP contribution in [0.3, 0.4) is 0 Å². The van der Waals surface area contributed by atoms with E-state index in [-0.39, 0.29) is 5.91 Å². The molecule has 0 fully saturated rings. The minimum atomic E-state index is 0.157. The average molecular weight is 257 g/mol. The zero-order chi connectivity index (χ0) is 13.7. The van der Waals surface area contributed by atoms with Gasteiger partial charge in [0.2, 0.25) is 5.91 Å². The minimum absolute atomic E-state index is 0.157.